The number of hydrogen-bond acceptors (Lipinski definition) is 3. The molecule has 0 fully saturated rings. The highest BCUT2D eigenvalue weighted by Gasteiger charge is 2.18. The molecule has 5 aromatic rings. The second kappa shape index (κ2) is 6.88. The molecular weight excluding hydrogens is 399 g/mol. The summed E-state index contributed by atoms with van der Waals surface area (Å²) in [6.45, 7) is 0. The molecule has 2 heterocycles. The lowest BCUT2D eigenvalue weighted by Crippen LogP contribution is -2.05. The van der Waals surface area contributed by atoms with Crippen molar-refractivity contribution in [2.24, 2.45) is 7.05 Å². The fraction of sp³-hybridized carbons (Fsp3) is 0.0435. The zero-order valence-corrected chi connectivity index (χ0v) is 16.4. The van der Waals surface area contributed by atoms with Crippen LogP contribution in [0.4, 0.5) is 10.1 Å². The van der Waals surface area contributed by atoms with Crippen molar-refractivity contribution in [2.45, 2.75) is 0 Å². The van der Waals surface area contributed by atoms with Crippen LogP contribution in [0.3, 0.4) is 0 Å². The number of aromatic carboxylic acids is 1. The van der Waals surface area contributed by atoms with Gasteiger partial charge in [-0.05, 0) is 42.0 Å². The first-order chi connectivity index (χ1) is 14.9. The molecule has 0 atom stereocenters. The number of rotatable bonds is 4. The highest BCUT2D eigenvalue weighted by atomic mass is 19.1. The number of anilines is 1. The Morgan fingerprint density at radius 3 is 2.81 bits per heavy atom. The fourth-order valence-corrected chi connectivity index (χ4v) is 3.68. The molecule has 7 nitrogen and oxygen atoms in total. The lowest BCUT2D eigenvalue weighted by molar-refractivity contribution is -0.359. The van der Waals surface area contributed by atoms with Crippen LogP contribution in [0, 0.1) is 5.82 Å². The Bertz CT molecular complexity index is 1490. The summed E-state index contributed by atoms with van der Waals surface area (Å²) in [6, 6.07) is 15.5. The number of nitrogens with two attached hydrogens (primary N) is 1. The third-order valence-corrected chi connectivity index (χ3v) is 5.27. The molecule has 0 amide bonds. The molecule has 0 saturated heterocycles. The monoisotopic (exact) mass is 417 g/mol. The summed E-state index contributed by atoms with van der Waals surface area (Å²) < 4.78 is 22.6. The largest absolute Gasteiger partial charge is 0.478 e. The van der Waals surface area contributed by atoms with Crippen molar-refractivity contribution in [2.75, 3.05) is 5.73 Å². The number of carbonyl (C=O) groups is 1. The Morgan fingerprint density at radius 1 is 1.16 bits per heavy atom. The van der Waals surface area contributed by atoms with Gasteiger partial charge in [-0.2, -0.15) is 0 Å². The zero-order valence-electron chi connectivity index (χ0n) is 16.4. The van der Waals surface area contributed by atoms with Crippen molar-refractivity contribution >= 4 is 33.6 Å². The number of aromatic amines is 2. The lowest BCUT2D eigenvalue weighted by atomic mass is 10.0. The number of nitrogens with zero attached hydrogens (tertiary/aromatic N) is 1. The van der Waals surface area contributed by atoms with Crippen molar-refractivity contribution in [3.05, 3.63) is 72.2 Å². The van der Waals surface area contributed by atoms with Gasteiger partial charge in [0.2, 0.25) is 0 Å². The van der Waals surface area contributed by atoms with Crippen LogP contribution in [0.15, 0.2) is 60.8 Å². The van der Waals surface area contributed by atoms with Gasteiger partial charge in [-0.3, -0.25) is 0 Å². The van der Waals surface area contributed by atoms with E-state index in [-0.39, 0.29) is 28.8 Å². The molecule has 0 aliphatic heterocycles. The van der Waals surface area contributed by atoms with Crippen LogP contribution < -0.4 is 15.5 Å². The Hall–Kier alpha value is -4.33. The van der Waals surface area contributed by atoms with E-state index in [1.165, 1.54) is 18.2 Å². The molecular formula is C23H18FN4O3+. The van der Waals surface area contributed by atoms with E-state index in [4.69, 9.17) is 10.5 Å². The second-order valence-corrected chi connectivity index (χ2v) is 7.31. The predicted molar refractivity (Wildman–Crippen MR) is 115 cm³/mol. The van der Waals surface area contributed by atoms with E-state index in [2.05, 4.69) is 9.97 Å². The van der Waals surface area contributed by atoms with Crippen molar-refractivity contribution < 1.29 is 24.0 Å². The quantitative estimate of drug-likeness (QED) is 0.378. The predicted octanol–water partition coefficient (Wildman–Crippen LogP) is 4.35. The molecule has 8 heteroatoms. The van der Waals surface area contributed by atoms with E-state index >= 15 is 0 Å². The van der Waals surface area contributed by atoms with Crippen LogP contribution in [-0.4, -0.2) is 20.6 Å². The van der Waals surface area contributed by atoms with Crippen LogP contribution in [0.25, 0.3) is 33.1 Å². The van der Waals surface area contributed by atoms with Crippen molar-refractivity contribution in [3.63, 3.8) is 0 Å². The van der Waals surface area contributed by atoms with E-state index in [9.17, 15) is 14.3 Å². The van der Waals surface area contributed by atoms with Gasteiger partial charge in [0.25, 0.3) is 0 Å². The third-order valence-electron chi connectivity index (χ3n) is 5.27. The van der Waals surface area contributed by atoms with Gasteiger partial charge in [0.15, 0.2) is 11.0 Å². The zero-order chi connectivity index (χ0) is 21.7. The van der Waals surface area contributed by atoms with E-state index < -0.39 is 5.97 Å². The number of aromatic nitrogens is 3. The van der Waals surface area contributed by atoms with E-state index in [1.807, 2.05) is 42.1 Å². The molecule has 0 saturated carbocycles. The first-order valence-corrected chi connectivity index (χ1v) is 9.50. The normalized spacial score (nSPS) is 11.3. The number of benzene rings is 3. The van der Waals surface area contributed by atoms with Gasteiger partial charge in [-0.1, -0.05) is 6.07 Å². The minimum Gasteiger partial charge on any atom is -0.478 e. The molecule has 154 valence electrons. The molecule has 5 rings (SSSR count). The highest BCUT2D eigenvalue weighted by molar-refractivity contribution is 5.94. The van der Waals surface area contributed by atoms with Crippen LogP contribution in [-0.2, 0) is 7.05 Å². The molecule has 31 heavy (non-hydrogen) atoms. The minimum atomic E-state index is -1.15. The number of nitrogens with one attached hydrogen (secondary N) is 2. The highest BCUT2D eigenvalue weighted by Crippen LogP contribution is 2.30. The van der Waals surface area contributed by atoms with Gasteiger partial charge in [0.1, 0.15) is 11.6 Å². The smallest absolute Gasteiger partial charge is 0.458 e. The van der Waals surface area contributed by atoms with Crippen molar-refractivity contribution in [1.82, 2.24) is 9.55 Å². The molecule has 0 radical (unpaired) electrons. The summed E-state index contributed by atoms with van der Waals surface area (Å²) in [5.74, 6) is -1.24. The molecule has 2 aromatic heterocycles. The maximum Gasteiger partial charge on any atom is 0.458 e. The van der Waals surface area contributed by atoms with Gasteiger partial charge in [0.05, 0.1) is 5.56 Å². The molecule has 0 bridgehead atoms. The lowest BCUT2D eigenvalue weighted by Gasteiger charge is -2.04. The summed E-state index contributed by atoms with van der Waals surface area (Å²) in [7, 11) is 1.96. The van der Waals surface area contributed by atoms with Crippen molar-refractivity contribution in [1.29, 1.82) is 0 Å². The van der Waals surface area contributed by atoms with Gasteiger partial charge in [-0.25, -0.2) is 19.2 Å². The van der Waals surface area contributed by atoms with Crippen LogP contribution in [0.5, 0.6) is 11.8 Å². The van der Waals surface area contributed by atoms with Crippen LogP contribution in [0.2, 0.25) is 0 Å². The number of ether oxygens (including phenoxy) is 1. The molecule has 0 aliphatic carbocycles. The average molecular weight is 417 g/mol. The number of carboxylic acid groups (broad SMARTS) is 1. The molecule has 0 unspecified atom stereocenters. The summed E-state index contributed by atoms with van der Waals surface area (Å²) >= 11 is 0. The summed E-state index contributed by atoms with van der Waals surface area (Å²) in [5, 5.41) is 10.2. The first-order valence-electron chi connectivity index (χ1n) is 9.50. The Kier molecular flexibility index (Phi) is 4.14. The number of aryl methyl sites for hydroxylation is 1. The van der Waals surface area contributed by atoms with E-state index in [0.29, 0.717) is 16.6 Å². The number of H-pyrrole nitrogens is 2. The minimum absolute atomic E-state index is 0.0572. The number of nitrogen functional groups attached to an aromatic ring is 1. The van der Waals surface area contributed by atoms with E-state index in [0.717, 1.165) is 16.5 Å². The number of carboxylic acids is 1. The second-order valence-electron chi connectivity index (χ2n) is 7.31. The van der Waals surface area contributed by atoms with Gasteiger partial charge in [0, 0.05) is 47.5 Å². The van der Waals surface area contributed by atoms with Crippen LogP contribution >= 0.6 is 0 Å². The summed E-state index contributed by atoms with van der Waals surface area (Å²) in [6.07, 6.45) is 1.96. The Balaban J connectivity index is 1.52. The average Bonchev–Trinajstić information content (AvgIpc) is 3.30. The third kappa shape index (κ3) is 3.24. The first kappa shape index (κ1) is 18.7. The van der Waals surface area contributed by atoms with Gasteiger partial charge < -0.3 is 20.1 Å². The van der Waals surface area contributed by atoms with Gasteiger partial charge in [-0.15, -0.1) is 0 Å². The maximum absolute atomic E-state index is 14.9. The van der Waals surface area contributed by atoms with Gasteiger partial charge >= 0.3 is 12.0 Å². The topological polar surface area (TPSA) is 107 Å². The maximum atomic E-state index is 14.9. The van der Waals surface area contributed by atoms with Crippen LogP contribution in [0.1, 0.15) is 10.4 Å². The summed E-state index contributed by atoms with van der Waals surface area (Å²) in [5.41, 5.74) is 9.22. The Morgan fingerprint density at radius 2 is 2.00 bits per heavy atom. The number of fused-ring (bicyclic) bond motifs is 2. The van der Waals surface area contributed by atoms with Crippen molar-refractivity contribution in [3.8, 4) is 22.9 Å². The standard InChI is InChI=1S/C23H17FN4O3/c1-28-7-6-13-8-12(2-5-21(13)28)15-10-19-20(11-17(15)24)27-23(26-19)31-14-3-4-18(25)16(9-14)22(29)30/h2-11H,25H2,1H3,(H,26,27)(H,29,30)/p+1. The number of hydrogen-bond donors (Lipinski definition) is 3. The SMILES string of the molecule is Cn1ccc2cc(-c3cc4[nH+]c(Oc5ccc(N)c(C(=O)O)c5)[nH]c4cc3F)ccc21. The molecule has 3 aromatic carbocycles. The number of imidazole rings is 1. The Labute approximate surface area is 175 Å². The molecule has 0 spiro atoms. The van der Waals surface area contributed by atoms with E-state index in [1.54, 1.807) is 12.1 Å². The summed E-state index contributed by atoms with van der Waals surface area (Å²) in [4.78, 5) is 17.3. The molecule has 0 aliphatic rings. The fourth-order valence-electron chi connectivity index (χ4n) is 3.68. The number of halogens is 1. The molecule has 5 N–H and O–H groups in total.